The molecule has 0 bridgehead atoms. The second-order valence-corrected chi connectivity index (χ2v) is 6.93. The fourth-order valence-corrected chi connectivity index (χ4v) is 3.76. The zero-order valence-corrected chi connectivity index (χ0v) is 14.7. The summed E-state index contributed by atoms with van der Waals surface area (Å²) < 4.78 is 15.1. The summed E-state index contributed by atoms with van der Waals surface area (Å²) in [6.07, 6.45) is 5.38. The third kappa shape index (κ3) is 3.75. The van der Waals surface area contributed by atoms with Crippen LogP contribution < -0.4 is 0 Å². The van der Waals surface area contributed by atoms with Crippen LogP contribution in [0.25, 0.3) is 5.69 Å². The molecule has 0 amide bonds. The number of imidazole rings is 1. The minimum atomic E-state index is -0.803. The minimum absolute atomic E-state index is 0.131. The molecule has 3 aromatic rings. The number of aliphatic carboxylic acids is 1. The van der Waals surface area contributed by atoms with E-state index in [9.17, 15) is 14.3 Å². The lowest BCUT2D eigenvalue weighted by Gasteiger charge is -2.16. The van der Waals surface area contributed by atoms with E-state index in [2.05, 4.69) is 22.0 Å². The van der Waals surface area contributed by atoms with Crippen molar-refractivity contribution in [3.63, 3.8) is 0 Å². The zero-order chi connectivity index (χ0) is 18.8. The first-order valence-electron chi connectivity index (χ1n) is 8.88. The van der Waals surface area contributed by atoms with Crippen LogP contribution in [-0.2, 0) is 11.3 Å². The average molecular weight is 365 g/mol. The molecule has 1 N–H and O–H groups in total. The Labute approximate surface area is 156 Å². The van der Waals surface area contributed by atoms with Crippen molar-refractivity contribution in [1.29, 1.82) is 0 Å². The van der Waals surface area contributed by atoms with Gasteiger partial charge in [-0.25, -0.2) is 9.37 Å². The Balaban J connectivity index is 1.48. The highest BCUT2D eigenvalue weighted by Crippen LogP contribution is 2.33. The molecule has 1 fully saturated rings. The van der Waals surface area contributed by atoms with Crippen molar-refractivity contribution >= 4 is 5.97 Å². The topological polar surface area (TPSA) is 58.4 Å². The van der Waals surface area contributed by atoms with Crippen LogP contribution in [0.15, 0.2) is 67.3 Å². The number of likely N-dealkylation sites (tertiary alicyclic amines) is 1. The lowest BCUT2D eigenvalue weighted by Crippen LogP contribution is -2.23. The van der Waals surface area contributed by atoms with E-state index < -0.39 is 11.9 Å². The Morgan fingerprint density at radius 1 is 1.11 bits per heavy atom. The number of hydrogen-bond donors (Lipinski definition) is 1. The predicted molar refractivity (Wildman–Crippen MR) is 99.1 cm³/mol. The highest BCUT2D eigenvalue weighted by atomic mass is 19.1. The normalized spacial score (nSPS) is 20.0. The van der Waals surface area contributed by atoms with Crippen LogP contribution >= 0.6 is 0 Å². The molecule has 0 unspecified atom stereocenters. The summed E-state index contributed by atoms with van der Waals surface area (Å²) in [5.41, 5.74) is 3.04. The second kappa shape index (κ2) is 7.32. The van der Waals surface area contributed by atoms with Crippen LogP contribution in [0.4, 0.5) is 4.39 Å². The molecular formula is C21H20FN3O2. The van der Waals surface area contributed by atoms with Gasteiger partial charge in [-0.05, 0) is 35.4 Å². The number of carboxylic acid groups (broad SMARTS) is 1. The van der Waals surface area contributed by atoms with Gasteiger partial charge >= 0.3 is 5.97 Å². The van der Waals surface area contributed by atoms with Gasteiger partial charge < -0.3 is 9.67 Å². The van der Waals surface area contributed by atoms with Crippen LogP contribution in [0.1, 0.15) is 17.0 Å². The van der Waals surface area contributed by atoms with Gasteiger partial charge in [0, 0.05) is 43.6 Å². The van der Waals surface area contributed by atoms with Crippen molar-refractivity contribution in [2.75, 3.05) is 13.1 Å². The summed E-state index contributed by atoms with van der Waals surface area (Å²) >= 11 is 0. The number of nitrogens with zero attached hydrogens (tertiary/aromatic N) is 3. The summed E-state index contributed by atoms with van der Waals surface area (Å²) in [6.45, 7) is 1.82. The smallest absolute Gasteiger partial charge is 0.308 e. The maximum absolute atomic E-state index is 13.2. The second-order valence-electron chi connectivity index (χ2n) is 6.93. The van der Waals surface area contributed by atoms with Crippen molar-refractivity contribution in [2.45, 2.75) is 12.5 Å². The Bertz CT molecular complexity index is 908. The van der Waals surface area contributed by atoms with Crippen molar-refractivity contribution in [1.82, 2.24) is 14.5 Å². The fraction of sp³-hybridized carbons (Fsp3) is 0.238. The average Bonchev–Trinajstić information content (AvgIpc) is 3.33. The first-order valence-corrected chi connectivity index (χ1v) is 8.88. The summed E-state index contributed by atoms with van der Waals surface area (Å²) in [5, 5.41) is 9.62. The molecule has 0 aliphatic carbocycles. The lowest BCUT2D eigenvalue weighted by atomic mass is 9.89. The number of carboxylic acids is 1. The standard InChI is InChI=1S/C21H20FN3O2/c22-17-5-3-16(4-6-17)19-12-24(13-20(19)21(26)27)11-15-1-7-18(8-2-15)25-10-9-23-14-25/h1-10,14,19-20H,11-13H2,(H,26,27)/t19-,20+/m0/s1. The molecule has 1 aliphatic heterocycles. The number of carbonyl (C=O) groups is 1. The van der Waals surface area contributed by atoms with E-state index in [1.54, 1.807) is 24.7 Å². The van der Waals surface area contributed by atoms with Crippen LogP contribution in [0.2, 0.25) is 0 Å². The molecule has 0 spiro atoms. The molecule has 0 saturated carbocycles. The first kappa shape index (κ1) is 17.4. The molecule has 5 nitrogen and oxygen atoms in total. The maximum Gasteiger partial charge on any atom is 0.308 e. The molecule has 1 aromatic heterocycles. The van der Waals surface area contributed by atoms with Gasteiger partial charge in [-0.15, -0.1) is 0 Å². The fourth-order valence-electron chi connectivity index (χ4n) is 3.76. The molecule has 27 heavy (non-hydrogen) atoms. The van der Waals surface area contributed by atoms with E-state index >= 15 is 0 Å². The Hall–Kier alpha value is -2.99. The molecule has 1 saturated heterocycles. The minimum Gasteiger partial charge on any atom is -0.481 e. The van der Waals surface area contributed by atoms with Crippen LogP contribution in [0, 0.1) is 11.7 Å². The van der Waals surface area contributed by atoms with E-state index in [1.807, 2.05) is 22.9 Å². The van der Waals surface area contributed by atoms with Crippen molar-refractivity contribution < 1.29 is 14.3 Å². The number of benzene rings is 2. The molecule has 2 aromatic carbocycles. The van der Waals surface area contributed by atoms with Gasteiger partial charge in [-0.2, -0.15) is 0 Å². The van der Waals surface area contributed by atoms with Gasteiger partial charge in [-0.1, -0.05) is 24.3 Å². The first-order chi connectivity index (χ1) is 13.1. The van der Waals surface area contributed by atoms with Crippen LogP contribution in [0.5, 0.6) is 0 Å². The van der Waals surface area contributed by atoms with Crippen LogP contribution in [0.3, 0.4) is 0 Å². The number of aromatic nitrogens is 2. The quantitative estimate of drug-likeness (QED) is 0.754. The van der Waals surface area contributed by atoms with Crippen molar-refractivity contribution in [3.05, 3.63) is 84.2 Å². The highest BCUT2D eigenvalue weighted by Gasteiger charge is 2.38. The molecule has 138 valence electrons. The lowest BCUT2D eigenvalue weighted by molar-refractivity contribution is -0.141. The van der Waals surface area contributed by atoms with Crippen LogP contribution in [-0.4, -0.2) is 38.6 Å². The Morgan fingerprint density at radius 2 is 1.85 bits per heavy atom. The van der Waals surface area contributed by atoms with Crippen molar-refractivity contribution in [3.8, 4) is 5.69 Å². The summed E-state index contributed by atoms with van der Waals surface area (Å²) in [7, 11) is 0. The monoisotopic (exact) mass is 365 g/mol. The van der Waals surface area contributed by atoms with E-state index in [-0.39, 0.29) is 11.7 Å². The third-order valence-electron chi connectivity index (χ3n) is 5.16. The van der Waals surface area contributed by atoms with Gasteiger partial charge in [0.15, 0.2) is 0 Å². The Kier molecular flexibility index (Phi) is 4.73. The summed E-state index contributed by atoms with van der Waals surface area (Å²) in [6, 6.07) is 14.3. The molecule has 2 heterocycles. The van der Waals surface area contributed by atoms with Gasteiger partial charge in [0.1, 0.15) is 5.82 Å². The summed E-state index contributed by atoms with van der Waals surface area (Å²) in [5.74, 6) is -1.73. The van der Waals surface area contributed by atoms with Crippen molar-refractivity contribution in [2.24, 2.45) is 5.92 Å². The number of rotatable bonds is 5. The number of halogens is 1. The SMILES string of the molecule is O=C(O)[C@@H]1CN(Cc2ccc(-n3ccnc3)cc2)C[C@H]1c1ccc(F)cc1. The molecular weight excluding hydrogens is 345 g/mol. The highest BCUT2D eigenvalue weighted by molar-refractivity contribution is 5.72. The zero-order valence-electron chi connectivity index (χ0n) is 14.7. The largest absolute Gasteiger partial charge is 0.481 e. The van der Waals surface area contributed by atoms with E-state index in [0.29, 0.717) is 19.6 Å². The third-order valence-corrected chi connectivity index (χ3v) is 5.16. The molecule has 0 radical (unpaired) electrons. The van der Waals surface area contributed by atoms with E-state index in [1.165, 1.54) is 12.1 Å². The predicted octanol–water partition coefficient (Wildman–Crippen LogP) is 3.31. The molecule has 6 heteroatoms. The van der Waals surface area contributed by atoms with Gasteiger partial charge in [0.2, 0.25) is 0 Å². The molecule has 4 rings (SSSR count). The van der Waals surface area contributed by atoms with E-state index in [4.69, 9.17) is 0 Å². The summed E-state index contributed by atoms with van der Waals surface area (Å²) in [4.78, 5) is 17.9. The maximum atomic E-state index is 13.2. The molecule has 1 aliphatic rings. The molecule has 2 atom stereocenters. The number of hydrogen-bond acceptors (Lipinski definition) is 3. The Morgan fingerprint density at radius 3 is 2.48 bits per heavy atom. The van der Waals surface area contributed by atoms with Gasteiger partial charge in [0.25, 0.3) is 0 Å². The van der Waals surface area contributed by atoms with E-state index in [0.717, 1.165) is 16.8 Å². The van der Waals surface area contributed by atoms with Gasteiger partial charge in [0.05, 0.1) is 12.2 Å². The van der Waals surface area contributed by atoms with Gasteiger partial charge in [-0.3, -0.25) is 9.69 Å².